The summed E-state index contributed by atoms with van der Waals surface area (Å²) < 4.78 is 15.9. The van der Waals surface area contributed by atoms with E-state index in [-0.39, 0.29) is 24.9 Å². The normalized spacial score (nSPS) is 16.0. The van der Waals surface area contributed by atoms with Gasteiger partial charge in [-0.05, 0) is 38.5 Å². The number of carbonyl (C=O) groups excluding carboxylic acids is 2. The Balaban J connectivity index is 1.86. The molecule has 0 aliphatic carbocycles. The first-order valence-electron chi connectivity index (χ1n) is 9.98. The zero-order chi connectivity index (χ0) is 21.3. The predicted octanol–water partition coefficient (Wildman–Crippen LogP) is 2.10. The van der Waals surface area contributed by atoms with Crippen LogP contribution in [0.15, 0.2) is 24.3 Å². The summed E-state index contributed by atoms with van der Waals surface area (Å²) in [6.07, 6.45) is -0.327. The fraction of sp³-hybridized carbons (Fsp3) is 0.619. The number of alkyl carbamates (subject to hydrolysis) is 1. The number of rotatable bonds is 8. The van der Waals surface area contributed by atoms with Crippen molar-refractivity contribution in [1.29, 1.82) is 0 Å². The largest absolute Gasteiger partial charge is 0.497 e. The van der Waals surface area contributed by atoms with Crippen LogP contribution in [0.2, 0.25) is 0 Å². The van der Waals surface area contributed by atoms with E-state index in [1.807, 2.05) is 24.3 Å². The number of amides is 2. The van der Waals surface area contributed by atoms with E-state index in [1.165, 1.54) is 0 Å². The summed E-state index contributed by atoms with van der Waals surface area (Å²) in [5.74, 6) is 0.680. The second kappa shape index (κ2) is 11.0. The van der Waals surface area contributed by atoms with Crippen molar-refractivity contribution >= 4 is 12.0 Å². The van der Waals surface area contributed by atoms with E-state index < -0.39 is 11.7 Å². The van der Waals surface area contributed by atoms with E-state index in [0.29, 0.717) is 19.8 Å². The molecule has 1 unspecified atom stereocenters. The van der Waals surface area contributed by atoms with Gasteiger partial charge < -0.3 is 24.8 Å². The van der Waals surface area contributed by atoms with Gasteiger partial charge in [-0.2, -0.15) is 0 Å². The van der Waals surface area contributed by atoms with E-state index in [2.05, 4.69) is 15.5 Å². The number of ether oxygens (including phenoxy) is 3. The molecule has 1 atom stereocenters. The van der Waals surface area contributed by atoms with Crippen LogP contribution < -0.4 is 15.4 Å². The van der Waals surface area contributed by atoms with Crippen molar-refractivity contribution in [2.75, 3.05) is 46.5 Å². The van der Waals surface area contributed by atoms with Crippen LogP contribution in [0.5, 0.6) is 5.75 Å². The minimum atomic E-state index is -0.559. The summed E-state index contributed by atoms with van der Waals surface area (Å²) in [7, 11) is 1.64. The van der Waals surface area contributed by atoms with Gasteiger partial charge >= 0.3 is 6.09 Å². The van der Waals surface area contributed by atoms with Crippen LogP contribution in [0, 0.1) is 0 Å². The Morgan fingerprint density at radius 3 is 2.38 bits per heavy atom. The molecule has 8 heteroatoms. The lowest BCUT2D eigenvalue weighted by Gasteiger charge is -2.35. The van der Waals surface area contributed by atoms with E-state index in [1.54, 1.807) is 27.9 Å². The highest BCUT2D eigenvalue weighted by Crippen LogP contribution is 2.23. The fourth-order valence-electron chi connectivity index (χ4n) is 3.06. The number of morpholine rings is 1. The Morgan fingerprint density at radius 1 is 1.14 bits per heavy atom. The lowest BCUT2D eigenvalue weighted by molar-refractivity contribution is -0.121. The highest BCUT2D eigenvalue weighted by Gasteiger charge is 2.23. The van der Waals surface area contributed by atoms with Crippen LogP contribution in [-0.4, -0.2) is 69.0 Å². The van der Waals surface area contributed by atoms with Crippen LogP contribution in [0.1, 0.15) is 38.8 Å². The van der Waals surface area contributed by atoms with Crippen molar-refractivity contribution in [3.8, 4) is 5.75 Å². The second-order valence-corrected chi connectivity index (χ2v) is 7.92. The number of methoxy groups -OCH3 is 1. The van der Waals surface area contributed by atoms with Crippen LogP contribution in [0.3, 0.4) is 0 Å². The first kappa shape index (κ1) is 23.0. The molecule has 0 bridgehead atoms. The Hall–Kier alpha value is -2.32. The third-order valence-corrected chi connectivity index (χ3v) is 4.50. The van der Waals surface area contributed by atoms with Gasteiger partial charge in [0.1, 0.15) is 11.4 Å². The summed E-state index contributed by atoms with van der Waals surface area (Å²) in [6, 6.07) is 7.95. The quantitative estimate of drug-likeness (QED) is 0.686. The van der Waals surface area contributed by atoms with Gasteiger partial charge in [-0.3, -0.25) is 9.69 Å². The van der Waals surface area contributed by atoms with Crippen molar-refractivity contribution in [2.24, 2.45) is 0 Å². The molecular formula is C21H33N3O5. The van der Waals surface area contributed by atoms with E-state index in [4.69, 9.17) is 14.2 Å². The number of nitrogens with one attached hydrogen (secondary N) is 2. The van der Waals surface area contributed by atoms with Crippen LogP contribution in [0.4, 0.5) is 4.79 Å². The Labute approximate surface area is 172 Å². The van der Waals surface area contributed by atoms with E-state index >= 15 is 0 Å². The molecule has 8 nitrogen and oxygen atoms in total. The van der Waals surface area contributed by atoms with E-state index in [0.717, 1.165) is 24.4 Å². The fourth-order valence-corrected chi connectivity index (χ4v) is 3.06. The molecule has 1 aromatic rings. The van der Waals surface area contributed by atoms with Crippen molar-refractivity contribution in [3.63, 3.8) is 0 Å². The van der Waals surface area contributed by atoms with Gasteiger partial charge in [0, 0.05) is 32.6 Å². The van der Waals surface area contributed by atoms with Gasteiger partial charge in [-0.1, -0.05) is 12.1 Å². The molecule has 1 aliphatic heterocycles. The van der Waals surface area contributed by atoms with Crippen molar-refractivity contribution in [3.05, 3.63) is 29.8 Å². The summed E-state index contributed by atoms with van der Waals surface area (Å²) in [5, 5.41) is 5.59. The lowest BCUT2D eigenvalue weighted by Crippen LogP contribution is -2.44. The second-order valence-electron chi connectivity index (χ2n) is 7.92. The maximum Gasteiger partial charge on any atom is 0.407 e. The molecule has 0 saturated carbocycles. The van der Waals surface area contributed by atoms with Gasteiger partial charge in [0.05, 0.1) is 26.4 Å². The van der Waals surface area contributed by atoms with Crippen LogP contribution in [0.25, 0.3) is 0 Å². The highest BCUT2D eigenvalue weighted by atomic mass is 16.6. The topological polar surface area (TPSA) is 89.1 Å². The van der Waals surface area contributed by atoms with E-state index in [9.17, 15) is 9.59 Å². The number of hydrogen-bond acceptors (Lipinski definition) is 6. The smallest absolute Gasteiger partial charge is 0.407 e. The van der Waals surface area contributed by atoms with Crippen molar-refractivity contribution < 1.29 is 23.8 Å². The monoisotopic (exact) mass is 407 g/mol. The summed E-state index contributed by atoms with van der Waals surface area (Å²) in [5.41, 5.74) is 0.552. The first-order chi connectivity index (χ1) is 13.8. The summed E-state index contributed by atoms with van der Waals surface area (Å²) in [6.45, 7) is 9.09. The predicted molar refractivity (Wildman–Crippen MR) is 110 cm³/mol. The molecule has 1 fully saturated rings. The first-order valence-corrected chi connectivity index (χ1v) is 9.98. The van der Waals surface area contributed by atoms with Gasteiger partial charge in [-0.25, -0.2) is 4.79 Å². The molecule has 29 heavy (non-hydrogen) atoms. The SMILES string of the molecule is COc1ccc(C(CNC(=O)CCNC(=O)OC(C)(C)C)N2CCOCC2)cc1. The number of carbonyl (C=O) groups is 2. The zero-order valence-corrected chi connectivity index (χ0v) is 17.8. The Kier molecular flexibility index (Phi) is 8.72. The summed E-state index contributed by atoms with van der Waals surface area (Å²) >= 11 is 0. The van der Waals surface area contributed by atoms with Crippen LogP contribution >= 0.6 is 0 Å². The average Bonchev–Trinajstić information content (AvgIpc) is 2.68. The molecule has 1 aromatic carbocycles. The lowest BCUT2D eigenvalue weighted by atomic mass is 10.0. The Morgan fingerprint density at radius 2 is 1.79 bits per heavy atom. The maximum absolute atomic E-state index is 12.3. The maximum atomic E-state index is 12.3. The number of hydrogen-bond donors (Lipinski definition) is 2. The average molecular weight is 408 g/mol. The summed E-state index contributed by atoms with van der Waals surface area (Å²) in [4.78, 5) is 26.2. The molecule has 162 valence electrons. The number of nitrogens with zero attached hydrogens (tertiary/aromatic N) is 1. The number of benzene rings is 1. The third kappa shape index (κ3) is 8.29. The van der Waals surface area contributed by atoms with Gasteiger partial charge in [0.25, 0.3) is 0 Å². The molecule has 0 aromatic heterocycles. The molecular weight excluding hydrogens is 374 g/mol. The molecule has 0 spiro atoms. The van der Waals surface area contributed by atoms with Gasteiger partial charge in [0.2, 0.25) is 5.91 Å². The van der Waals surface area contributed by atoms with Crippen LogP contribution in [-0.2, 0) is 14.3 Å². The zero-order valence-electron chi connectivity index (χ0n) is 17.8. The minimum absolute atomic E-state index is 0.0487. The molecule has 2 rings (SSSR count). The molecule has 1 aliphatic rings. The molecule has 0 radical (unpaired) electrons. The standard InChI is InChI=1S/C21H33N3O5/c1-21(2,3)29-20(26)22-10-9-19(25)23-15-18(24-11-13-28-14-12-24)16-5-7-17(27-4)8-6-16/h5-8,18H,9-15H2,1-4H3,(H,22,26)(H,23,25). The molecule has 2 N–H and O–H groups in total. The molecule has 1 saturated heterocycles. The third-order valence-electron chi connectivity index (χ3n) is 4.50. The molecule has 2 amide bonds. The molecule has 1 heterocycles. The van der Waals surface area contributed by atoms with Gasteiger partial charge in [0.15, 0.2) is 0 Å². The highest BCUT2D eigenvalue weighted by molar-refractivity contribution is 5.77. The Bertz CT molecular complexity index is 651. The minimum Gasteiger partial charge on any atom is -0.497 e. The van der Waals surface area contributed by atoms with Gasteiger partial charge in [-0.15, -0.1) is 0 Å². The van der Waals surface area contributed by atoms with Crippen molar-refractivity contribution in [1.82, 2.24) is 15.5 Å². The van der Waals surface area contributed by atoms with Crippen molar-refractivity contribution in [2.45, 2.75) is 38.8 Å².